The molecule has 0 aromatic carbocycles. The molecule has 3 heteroatoms. The predicted octanol–water partition coefficient (Wildman–Crippen LogP) is 1.57. The maximum atomic E-state index is 11.8. The first kappa shape index (κ1) is 11.5. The van der Waals surface area contributed by atoms with Crippen LogP contribution >= 0.6 is 0 Å². The van der Waals surface area contributed by atoms with Crippen molar-refractivity contribution >= 4 is 5.97 Å². The highest BCUT2D eigenvalue weighted by molar-refractivity contribution is 5.81. The highest BCUT2D eigenvalue weighted by atomic mass is 16.5. The Kier molecular flexibility index (Phi) is 3.53. The molecular weight excluding hydrogens is 178 g/mol. The molecule has 1 N–H and O–H groups in total. The maximum Gasteiger partial charge on any atom is 0.326 e. The van der Waals surface area contributed by atoms with E-state index in [-0.39, 0.29) is 5.97 Å². The first-order valence-corrected chi connectivity index (χ1v) is 5.34. The third-order valence-corrected chi connectivity index (χ3v) is 3.62. The molecule has 0 spiro atoms. The van der Waals surface area contributed by atoms with Crippen LogP contribution in [-0.4, -0.2) is 25.7 Å². The molecule has 0 heterocycles. The van der Waals surface area contributed by atoms with Crippen molar-refractivity contribution in [1.29, 1.82) is 0 Å². The molecule has 1 fully saturated rings. The molecule has 3 unspecified atom stereocenters. The summed E-state index contributed by atoms with van der Waals surface area (Å²) >= 11 is 0. The van der Waals surface area contributed by atoms with Gasteiger partial charge in [0.05, 0.1) is 7.11 Å². The molecule has 1 aliphatic rings. The van der Waals surface area contributed by atoms with Crippen molar-refractivity contribution in [3.05, 3.63) is 0 Å². The van der Waals surface area contributed by atoms with E-state index in [4.69, 9.17) is 4.74 Å². The van der Waals surface area contributed by atoms with Crippen molar-refractivity contribution < 1.29 is 9.53 Å². The summed E-state index contributed by atoms with van der Waals surface area (Å²) in [6, 6.07) is 0. The summed E-state index contributed by atoms with van der Waals surface area (Å²) in [6.45, 7) is 4.37. The molecule has 0 radical (unpaired) electrons. The van der Waals surface area contributed by atoms with Gasteiger partial charge in [0.15, 0.2) is 0 Å². The first-order chi connectivity index (χ1) is 6.56. The number of hydrogen-bond donors (Lipinski definition) is 1. The summed E-state index contributed by atoms with van der Waals surface area (Å²) in [5, 5.41) is 3.16. The lowest BCUT2D eigenvalue weighted by Gasteiger charge is -2.42. The fraction of sp³-hybridized carbons (Fsp3) is 0.909. The van der Waals surface area contributed by atoms with E-state index in [1.54, 1.807) is 0 Å². The van der Waals surface area contributed by atoms with Crippen LogP contribution in [-0.2, 0) is 9.53 Å². The second-order valence-corrected chi connectivity index (χ2v) is 4.49. The number of likely N-dealkylation sites (N-methyl/N-ethyl adjacent to an activating group) is 1. The van der Waals surface area contributed by atoms with Crippen LogP contribution in [0, 0.1) is 11.8 Å². The Labute approximate surface area is 86.2 Å². The molecule has 0 aromatic rings. The molecule has 82 valence electrons. The summed E-state index contributed by atoms with van der Waals surface area (Å²) < 4.78 is 4.89. The Bertz CT molecular complexity index is 217. The van der Waals surface area contributed by atoms with Gasteiger partial charge in [-0.15, -0.1) is 0 Å². The minimum Gasteiger partial charge on any atom is -0.468 e. The van der Waals surface area contributed by atoms with E-state index in [1.165, 1.54) is 7.11 Å². The number of methoxy groups -OCH3 is 1. The second kappa shape index (κ2) is 4.30. The molecule has 0 aliphatic heterocycles. The number of carbonyl (C=O) groups excluding carboxylic acids is 1. The number of esters is 1. The lowest BCUT2D eigenvalue weighted by atomic mass is 9.70. The van der Waals surface area contributed by atoms with Gasteiger partial charge >= 0.3 is 5.97 Å². The smallest absolute Gasteiger partial charge is 0.326 e. The molecule has 14 heavy (non-hydrogen) atoms. The Hall–Kier alpha value is -0.570. The third kappa shape index (κ3) is 1.78. The molecule has 0 bridgehead atoms. The van der Waals surface area contributed by atoms with Crippen LogP contribution in [0.3, 0.4) is 0 Å². The summed E-state index contributed by atoms with van der Waals surface area (Å²) in [7, 11) is 3.32. The van der Waals surface area contributed by atoms with Crippen LogP contribution in [0.4, 0.5) is 0 Å². The first-order valence-electron chi connectivity index (χ1n) is 5.34. The van der Waals surface area contributed by atoms with Gasteiger partial charge in [0, 0.05) is 0 Å². The van der Waals surface area contributed by atoms with Gasteiger partial charge in [0.1, 0.15) is 5.54 Å². The average molecular weight is 199 g/mol. The largest absolute Gasteiger partial charge is 0.468 e. The normalized spacial score (nSPS) is 38.0. The number of hydrogen-bond acceptors (Lipinski definition) is 3. The van der Waals surface area contributed by atoms with Gasteiger partial charge in [-0.3, -0.25) is 4.79 Å². The van der Waals surface area contributed by atoms with Crippen molar-refractivity contribution in [1.82, 2.24) is 5.32 Å². The highest BCUT2D eigenvalue weighted by Gasteiger charge is 2.46. The van der Waals surface area contributed by atoms with E-state index >= 15 is 0 Å². The van der Waals surface area contributed by atoms with Crippen molar-refractivity contribution in [2.45, 2.75) is 38.6 Å². The number of nitrogens with one attached hydrogen (secondary N) is 1. The number of ether oxygens (including phenoxy) is 1. The van der Waals surface area contributed by atoms with E-state index in [0.717, 1.165) is 25.2 Å². The zero-order chi connectivity index (χ0) is 10.8. The standard InChI is InChI=1S/C11H21NO2/c1-8-5-6-11(12-3,9(2)7-8)10(13)14-4/h8-9,12H,5-7H2,1-4H3. The quantitative estimate of drug-likeness (QED) is 0.686. The van der Waals surface area contributed by atoms with Gasteiger partial charge in [-0.1, -0.05) is 13.8 Å². The van der Waals surface area contributed by atoms with E-state index in [9.17, 15) is 4.79 Å². The van der Waals surface area contributed by atoms with Crippen LogP contribution in [0.15, 0.2) is 0 Å². The van der Waals surface area contributed by atoms with Gasteiger partial charge in [-0.05, 0) is 38.1 Å². The van der Waals surface area contributed by atoms with Crippen molar-refractivity contribution in [2.75, 3.05) is 14.2 Å². The van der Waals surface area contributed by atoms with Crippen molar-refractivity contribution in [3.63, 3.8) is 0 Å². The molecule has 1 rings (SSSR count). The molecule has 1 saturated carbocycles. The van der Waals surface area contributed by atoms with E-state index in [2.05, 4.69) is 19.2 Å². The van der Waals surface area contributed by atoms with Crippen LogP contribution in [0.1, 0.15) is 33.1 Å². The van der Waals surface area contributed by atoms with Gasteiger partial charge in [0.2, 0.25) is 0 Å². The molecule has 0 saturated heterocycles. The SMILES string of the molecule is CNC1(C(=O)OC)CCC(C)CC1C. The molecule has 0 amide bonds. The van der Waals surface area contributed by atoms with Crippen LogP contribution < -0.4 is 5.32 Å². The summed E-state index contributed by atoms with van der Waals surface area (Å²) in [6.07, 6.45) is 3.08. The Morgan fingerprint density at radius 3 is 2.57 bits per heavy atom. The van der Waals surface area contributed by atoms with E-state index < -0.39 is 5.54 Å². The zero-order valence-electron chi connectivity index (χ0n) is 9.59. The molecule has 0 aromatic heterocycles. The van der Waals surface area contributed by atoms with Crippen LogP contribution in [0.5, 0.6) is 0 Å². The fourth-order valence-electron chi connectivity index (χ4n) is 2.60. The predicted molar refractivity (Wildman–Crippen MR) is 56.0 cm³/mol. The Morgan fingerprint density at radius 2 is 2.14 bits per heavy atom. The number of rotatable bonds is 2. The maximum absolute atomic E-state index is 11.8. The third-order valence-electron chi connectivity index (χ3n) is 3.62. The molecular formula is C11H21NO2. The number of carbonyl (C=O) groups is 1. The lowest BCUT2D eigenvalue weighted by Crippen LogP contribution is -2.58. The van der Waals surface area contributed by atoms with Crippen LogP contribution in [0.25, 0.3) is 0 Å². The van der Waals surface area contributed by atoms with Gasteiger partial charge in [0.25, 0.3) is 0 Å². The summed E-state index contributed by atoms with van der Waals surface area (Å²) in [5.74, 6) is 0.958. The summed E-state index contributed by atoms with van der Waals surface area (Å²) in [4.78, 5) is 11.8. The van der Waals surface area contributed by atoms with Gasteiger partial charge in [-0.25, -0.2) is 0 Å². The highest BCUT2D eigenvalue weighted by Crippen LogP contribution is 2.37. The fourth-order valence-corrected chi connectivity index (χ4v) is 2.60. The summed E-state index contributed by atoms with van der Waals surface area (Å²) in [5.41, 5.74) is -0.443. The molecule has 3 atom stereocenters. The van der Waals surface area contributed by atoms with Crippen LogP contribution in [0.2, 0.25) is 0 Å². The van der Waals surface area contributed by atoms with Gasteiger partial charge < -0.3 is 10.1 Å². The minimum atomic E-state index is -0.443. The zero-order valence-corrected chi connectivity index (χ0v) is 9.59. The molecule has 1 aliphatic carbocycles. The van der Waals surface area contributed by atoms with Crippen molar-refractivity contribution in [2.24, 2.45) is 11.8 Å². The Balaban J connectivity index is 2.83. The van der Waals surface area contributed by atoms with Crippen molar-refractivity contribution in [3.8, 4) is 0 Å². The molecule has 3 nitrogen and oxygen atoms in total. The Morgan fingerprint density at radius 1 is 1.50 bits per heavy atom. The minimum absolute atomic E-state index is 0.112. The van der Waals surface area contributed by atoms with Gasteiger partial charge in [-0.2, -0.15) is 0 Å². The average Bonchev–Trinajstić information content (AvgIpc) is 2.18. The van der Waals surface area contributed by atoms with E-state index in [1.807, 2.05) is 7.05 Å². The van der Waals surface area contributed by atoms with E-state index in [0.29, 0.717) is 5.92 Å². The lowest BCUT2D eigenvalue weighted by molar-refractivity contribution is -0.153. The topological polar surface area (TPSA) is 38.3 Å². The second-order valence-electron chi connectivity index (χ2n) is 4.49. The monoisotopic (exact) mass is 199 g/mol.